The summed E-state index contributed by atoms with van der Waals surface area (Å²) in [7, 11) is -0.682. The highest BCUT2D eigenvalue weighted by molar-refractivity contribution is 7.89. The third-order valence-electron chi connectivity index (χ3n) is 4.47. The molecule has 2 amide bonds. The van der Waals surface area contributed by atoms with Crippen molar-refractivity contribution in [2.24, 2.45) is 0 Å². The number of aryl methyl sites for hydroxylation is 1. The van der Waals surface area contributed by atoms with Crippen molar-refractivity contribution in [3.63, 3.8) is 0 Å². The maximum atomic E-state index is 12.7. The number of carbonyl (C=O) groups is 2. The van der Waals surface area contributed by atoms with Gasteiger partial charge in [-0.25, -0.2) is 17.4 Å². The van der Waals surface area contributed by atoms with Gasteiger partial charge >= 0.3 is 0 Å². The Kier molecular flexibility index (Phi) is 5.73. The molecule has 1 aromatic heterocycles. The van der Waals surface area contributed by atoms with Crippen LogP contribution in [-0.4, -0.2) is 54.5 Å². The van der Waals surface area contributed by atoms with Crippen molar-refractivity contribution in [3.8, 4) is 0 Å². The van der Waals surface area contributed by atoms with Crippen molar-refractivity contribution in [1.29, 1.82) is 0 Å². The second-order valence-corrected chi connectivity index (χ2v) is 9.28. The first-order valence-electron chi connectivity index (χ1n) is 9.03. The van der Waals surface area contributed by atoms with Crippen molar-refractivity contribution < 1.29 is 18.0 Å². The summed E-state index contributed by atoms with van der Waals surface area (Å²) >= 11 is 0. The topological polar surface area (TPSA) is 125 Å². The molecule has 0 saturated carbocycles. The van der Waals surface area contributed by atoms with Crippen LogP contribution in [-0.2, 0) is 14.8 Å². The SMILES string of the molecule is Cc1cc(NC(=O)c2ccc(S(=O)(=O)N(C)C)cc2)n(C2NC(=O)CC(C)N2)n1. The third kappa shape index (κ3) is 4.47. The van der Waals surface area contributed by atoms with Gasteiger partial charge in [0, 0.05) is 38.2 Å². The number of sulfonamides is 1. The van der Waals surface area contributed by atoms with Crippen molar-refractivity contribution >= 4 is 27.7 Å². The van der Waals surface area contributed by atoms with Crippen LogP contribution in [0.5, 0.6) is 0 Å². The maximum absolute atomic E-state index is 12.7. The fourth-order valence-corrected chi connectivity index (χ4v) is 3.88. The van der Waals surface area contributed by atoms with Crippen LogP contribution in [0.2, 0.25) is 0 Å². The Balaban J connectivity index is 1.80. The van der Waals surface area contributed by atoms with E-state index >= 15 is 0 Å². The Labute approximate surface area is 169 Å². The zero-order valence-corrected chi connectivity index (χ0v) is 17.4. The second kappa shape index (κ2) is 7.93. The van der Waals surface area contributed by atoms with Gasteiger partial charge in [-0.1, -0.05) is 0 Å². The Bertz CT molecular complexity index is 1030. The molecule has 2 heterocycles. The summed E-state index contributed by atoms with van der Waals surface area (Å²) in [6.07, 6.45) is -0.219. The number of hydrogen-bond donors (Lipinski definition) is 3. The number of rotatable bonds is 5. The molecule has 0 radical (unpaired) electrons. The minimum atomic E-state index is -3.57. The predicted molar refractivity (Wildman–Crippen MR) is 107 cm³/mol. The molecule has 11 heteroatoms. The molecule has 1 fully saturated rings. The smallest absolute Gasteiger partial charge is 0.256 e. The lowest BCUT2D eigenvalue weighted by Crippen LogP contribution is -2.52. The normalized spacial score (nSPS) is 19.8. The van der Waals surface area contributed by atoms with Gasteiger partial charge in [-0.2, -0.15) is 5.10 Å². The minimum absolute atomic E-state index is 0.0343. The van der Waals surface area contributed by atoms with Gasteiger partial charge in [-0.15, -0.1) is 0 Å². The van der Waals surface area contributed by atoms with Crippen LogP contribution in [0.25, 0.3) is 0 Å². The van der Waals surface area contributed by atoms with E-state index in [2.05, 4.69) is 21.0 Å². The number of amides is 2. The van der Waals surface area contributed by atoms with E-state index in [1.807, 2.05) is 6.92 Å². The zero-order valence-electron chi connectivity index (χ0n) is 16.6. The molecule has 0 bridgehead atoms. The van der Waals surface area contributed by atoms with Gasteiger partial charge < -0.3 is 10.6 Å². The molecule has 3 rings (SSSR count). The summed E-state index contributed by atoms with van der Waals surface area (Å²) in [5.74, 6) is -0.121. The fraction of sp³-hybridized carbons (Fsp3) is 0.389. The number of aromatic nitrogens is 2. The number of nitrogens with zero attached hydrogens (tertiary/aromatic N) is 3. The first-order chi connectivity index (χ1) is 13.6. The fourth-order valence-electron chi connectivity index (χ4n) is 2.98. The monoisotopic (exact) mass is 420 g/mol. The lowest BCUT2D eigenvalue weighted by atomic mass is 10.2. The number of nitrogens with one attached hydrogen (secondary N) is 3. The van der Waals surface area contributed by atoms with Gasteiger partial charge in [0.25, 0.3) is 5.91 Å². The molecule has 2 aromatic rings. The highest BCUT2D eigenvalue weighted by Crippen LogP contribution is 2.19. The van der Waals surface area contributed by atoms with Gasteiger partial charge in [0.2, 0.25) is 15.9 Å². The lowest BCUT2D eigenvalue weighted by molar-refractivity contribution is -0.125. The van der Waals surface area contributed by atoms with Crippen LogP contribution in [0.3, 0.4) is 0 Å². The van der Waals surface area contributed by atoms with Crippen molar-refractivity contribution in [1.82, 2.24) is 24.7 Å². The van der Waals surface area contributed by atoms with Gasteiger partial charge in [0.1, 0.15) is 5.82 Å². The molecule has 1 aliphatic heterocycles. The lowest BCUT2D eigenvalue weighted by Gasteiger charge is -2.30. The van der Waals surface area contributed by atoms with Crippen LogP contribution < -0.4 is 16.0 Å². The summed E-state index contributed by atoms with van der Waals surface area (Å²) in [6, 6.07) is 7.32. The van der Waals surface area contributed by atoms with E-state index in [9.17, 15) is 18.0 Å². The van der Waals surface area contributed by atoms with Crippen LogP contribution in [0.1, 0.15) is 35.7 Å². The van der Waals surface area contributed by atoms with Crippen LogP contribution in [0.15, 0.2) is 35.2 Å². The molecule has 2 atom stereocenters. The second-order valence-electron chi connectivity index (χ2n) is 7.12. The first kappa shape index (κ1) is 21.0. The summed E-state index contributed by atoms with van der Waals surface area (Å²) in [4.78, 5) is 24.6. The molecular formula is C18H24N6O4S. The van der Waals surface area contributed by atoms with Gasteiger partial charge in [0.15, 0.2) is 6.29 Å². The summed E-state index contributed by atoms with van der Waals surface area (Å²) in [5.41, 5.74) is 0.962. The Morgan fingerprint density at radius 1 is 1.28 bits per heavy atom. The van der Waals surface area contributed by atoms with E-state index in [4.69, 9.17) is 0 Å². The first-order valence-corrected chi connectivity index (χ1v) is 10.5. The van der Waals surface area contributed by atoms with Crippen LogP contribution in [0.4, 0.5) is 5.82 Å². The van der Waals surface area contributed by atoms with Gasteiger partial charge in [-0.3, -0.25) is 14.9 Å². The van der Waals surface area contributed by atoms with E-state index in [0.29, 0.717) is 23.5 Å². The standard InChI is InChI=1S/C18H24N6O4S/c1-11-10-16(25)21-18(19-11)24-15(9-12(2)22-24)20-17(26)13-5-7-14(8-6-13)29(27,28)23(3)4/h5-9,11,18-19H,10H2,1-4H3,(H,20,26)(H,21,25). The molecular weight excluding hydrogens is 396 g/mol. The Morgan fingerprint density at radius 3 is 2.52 bits per heavy atom. The average Bonchev–Trinajstić information content (AvgIpc) is 3.01. The molecule has 1 aliphatic rings. The van der Waals surface area contributed by atoms with Gasteiger partial charge in [-0.05, 0) is 38.1 Å². The van der Waals surface area contributed by atoms with Gasteiger partial charge in [0.05, 0.1) is 10.6 Å². The number of benzene rings is 1. The Morgan fingerprint density at radius 2 is 1.93 bits per heavy atom. The quantitative estimate of drug-likeness (QED) is 0.652. The number of hydrogen-bond acceptors (Lipinski definition) is 6. The van der Waals surface area contributed by atoms with Crippen LogP contribution in [0, 0.1) is 6.92 Å². The highest BCUT2D eigenvalue weighted by Gasteiger charge is 2.27. The zero-order chi connectivity index (χ0) is 21.3. The molecule has 156 valence electrons. The molecule has 10 nitrogen and oxygen atoms in total. The molecule has 29 heavy (non-hydrogen) atoms. The molecule has 1 saturated heterocycles. The van der Waals surface area contributed by atoms with E-state index in [0.717, 1.165) is 4.31 Å². The Hall–Kier alpha value is -2.76. The van der Waals surface area contributed by atoms with E-state index < -0.39 is 22.2 Å². The number of carbonyl (C=O) groups excluding carboxylic acids is 2. The minimum Gasteiger partial charge on any atom is -0.322 e. The molecule has 0 aliphatic carbocycles. The van der Waals surface area contributed by atoms with Crippen molar-refractivity contribution in [3.05, 3.63) is 41.6 Å². The van der Waals surface area contributed by atoms with E-state index in [1.54, 1.807) is 13.0 Å². The van der Waals surface area contributed by atoms with Crippen LogP contribution >= 0.6 is 0 Å². The average molecular weight is 420 g/mol. The predicted octanol–water partition coefficient (Wildman–Crippen LogP) is 0.648. The summed E-state index contributed by atoms with van der Waals surface area (Å²) < 4.78 is 26.9. The highest BCUT2D eigenvalue weighted by atomic mass is 32.2. The van der Waals surface area contributed by atoms with E-state index in [1.165, 1.54) is 43.0 Å². The molecule has 1 aromatic carbocycles. The summed E-state index contributed by atoms with van der Waals surface area (Å²) in [6.45, 7) is 3.67. The summed E-state index contributed by atoms with van der Waals surface area (Å²) in [5, 5.41) is 13.1. The molecule has 2 unspecified atom stereocenters. The van der Waals surface area contributed by atoms with Crippen molar-refractivity contribution in [2.45, 2.75) is 37.5 Å². The largest absolute Gasteiger partial charge is 0.322 e. The van der Waals surface area contributed by atoms with E-state index in [-0.39, 0.29) is 16.8 Å². The molecule has 3 N–H and O–H groups in total. The third-order valence-corrected chi connectivity index (χ3v) is 6.30. The maximum Gasteiger partial charge on any atom is 0.256 e. The number of anilines is 1. The molecule has 0 spiro atoms. The van der Waals surface area contributed by atoms with Crippen molar-refractivity contribution in [2.75, 3.05) is 19.4 Å².